The summed E-state index contributed by atoms with van der Waals surface area (Å²) in [4.78, 5) is 2.35. The highest BCUT2D eigenvalue weighted by Gasteiger charge is 2.26. The lowest BCUT2D eigenvalue weighted by Gasteiger charge is -2.24. The van der Waals surface area contributed by atoms with E-state index in [-0.39, 0.29) is 6.10 Å². The molecule has 0 radical (unpaired) electrons. The Morgan fingerprint density at radius 2 is 2.40 bits per heavy atom. The third-order valence-corrected chi connectivity index (χ3v) is 2.38. The van der Waals surface area contributed by atoms with Crippen LogP contribution in [0, 0.1) is 0 Å². The maximum Gasteiger partial charge on any atom is 0.0667 e. The van der Waals surface area contributed by atoms with Crippen molar-refractivity contribution in [3.05, 3.63) is 0 Å². The van der Waals surface area contributed by atoms with E-state index in [4.69, 9.17) is 0 Å². The maximum atomic E-state index is 9.31. The predicted octanol–water partition coefficient (Wildman–Crippen LogP) is 0.851. The van der Waals surface area contributed by atoms with Crippen LogP contribution in [0.15, 0.2) is 0 Å². The van der Waals surface area contributed by atoms with Crippen LogP contribution in [-0.2, 0) is 0 Å². The second-order valence-corrected chi connectivity index (χ2v) is 3.08. The van der Waals surface area contributed by atoms with E-state index in [1.54, 1.807) is 0 Å². The van der Waals surface area contributed by atoms with Gasteiger partial charge in [0.1, 0.15) is 0 Å². The van der Waals surface area contributed by atoms with Gasteiger partial charge in [-0.2, -0.15) is 0 Å². The molecule has 0 amide bonds. The zero-order valence-electron chi connectivity index (χ0n) is 6.88. The molecule has 2 atom stereocenters. The van der Waals surface area contributed by atoms with Crippen molar-refractivity contribution >= 4 is 0 Å². The van der Waals surface area contributed by atoms with E-state index >= 15 is 0 Å². The minimum absolute atomic E-state index is 0.151. The Morgan fingerprint density at radius 3 is 2.80 bits per heavy atom. The molecule has 1 heterocycles. The minimum atomic E-state index is -0.151. The molecule has 2 nitrogen and oxygen atoms in total. The Kier molecular flexibility index (Phi) is 2.69. The smallest absolute Gasteiger partial charge is 0.0667 e. The molecule has 1 fully saturated rings. The monoisotopic (exact) mass is 143 g/mol. The Balaban J connectivity index is 2.42. The molecule has 0 aliphatic carbocycles. The Hall–Kier alpha value is -0.0800. The standard InChI is InChI=1S/C8H17NO/c1-3-9-6-4-5-8(9)7(2)10/h7-8,10H,3-6H2,1-2H3. The average molecular weight is 143 g/mol. The summed E-state index contributed by atoms with van der Waals surface area (Å²) in [6.07, 6.45) is 2.28. The van der Waals surface area contributed by atoms with Crippen LogP contribution in [0.25, 0.3) is 0 Å². The Bertz CT molecular complexity index is 103. The molecule has 2 heteroatoms. The van der Waals surface area contributed by atoms with Crippen LogP contribution in [0.3, 0.4) is 0 Å². The highest BCUT2D eigenvalue weighted by atomic mass is 16.3. The number of aliphatic hydroxyl groups is 1. The van der Waals surface area contributed by atoms with Gasteiger partial charge in [0.2, 0.25) is 0 Å². The molecule has 0 saturated carbocycles. The topological polar surface area (TPSA) is 23.5 Å². The first-order valence-electron chi connectivity index (χ1n) is 4.17. The summed E-state index contributed by atoms with van der Waals surface area (Å²) < 4.78 is 0. The fourth-order valence-corrected chi connectivity index (χ4v) is 1.79. The van der Waals surface area contributed by atoms with E-state index in [1.807, 2.05) is 6.92 Å². The largest absolute Gasteiger partial charge is 0.392 e. The quantitative estimate of drug-likeness (QED) is 0.619. The third-order valence-electron chi connectivity index (χ3n) is 2.38. The van der Waals surface area contributed by atoms with Gasteiger partial charge >= 0.3 is 0 Å². The first kappa shape index (κ1) is 8.02. The summed E-state index contributed by atoms with van der Waals surface area (Å²) in [7, 11) is 0. The number of aliphatic hydroxyl groups excluding tert-OH is 1. The first-order chi connectivity index (χ1) is 4.75. The van der Waals surface area contributed by atoms with Crippen molar-refractivity contribution in [3.8, 4) is 0 Å². The van der Waals surface area contributed by atoms with E-state index in [1.165, 1.54) is 19.4 Å². The molecule has 0 spiro atoms. The molecule has 1 saturated heterocycles. The van der Waals surface area contributed by atoms with Gasteiger partial charge in [0.25, 0.3) is 0 Å². The van der Waals surface area contributed by atoms with E-state index in [9.17, 15) is 5.11 Å². The molecule has 0 aromatic heterocycles. The lowest BCUT2D eigenvalue weighted by molar-refractivity contribution is 0.0898. The summed E-state index contributed by atoms with van der Waals surface area (Å²) in [5, 5.41) is 9.31. The summed E-state index contributed by atoms with van der Waals surface area (Å²) in [5.41, 5.74) is 0. The molecule has 2 unspecified atom stereocenters. The number of likely N-dealkylation sites (tertiary alicyclic amines) is 1. The third kappa shape index (κ3) is 1.50. The van der Waals surface area contributed by atoms with E-state index in [0.29, 0.717) is 6.04 Å². The van der Waals surface area contributed by atoms with Gasteiger partial charge < -0.3 is 5.11 Å². The first-order valence-corrected chi connectivity index (χ1v) is 4.17. The molecule has 1 N–H and O–H groups in total. The Morgan fingerprint density at radius 1 is 1.70 bits per heavy atom. The van der Waals surface area contributed by atoms with E-state index < -0.39 is 0 Å². The van der Waals surface area contributed by atoms with Crippen molar-refractivity contribution in [2.45, 2.75) is 38.8 Å². The van der Waals surface area contributed by atoms with Crippen LogP contribution in [0.2, 0.25) is 0 Å². The molecular weight excluding hydrogens is 126 g/mol. The van der Waals surface area contributed by atoms with E-state index in [2.05, 4.69) is 11.8 Å². The van der Waals surface area contributed by atoms with Crippen LogP contribution in [0.5, 0.6) is 0 Å². The number of hydrogen-bond donors (Lipinski definition) is 1. The molecule has 0 aromatic carbocycles. The summed E-state index contributed by atoms with van der Waals surface area (Å²) >= 11 is 0. The van der Waals surface area contributed by atoms with Crippen molar-refractivity contribution < 1.29 is 5.11 Å². The summed E-state index contributed by atoms with van der Waals surface area (Å²) in [5.74, 6) is 0. The average Bonchev–Trinajstić information content (AvgIpc) is 2.33. The van der Waals surface area contributed by atoms with Gasteiger partial charge in [0, 0.05) is 6.04 Å². The van der Waals surface area contributed by atoms with Crippen LogP contribution < -0.4 is 0 Å². The van der Waals surface area contributed by atoms with Crippen molar-refractivity contribution in [2.24, 2.45) is 0 Å². The lowest BCUT2D eigenvalue weighted by atomic mass is 10.1. The number of nitrogens with zero attached hydrogens (tertiary/aromatic N) is 1. The van der Waals surface area contributed by atoms with Gasteiger partial charge in [-0.15, -0.1) is 0 Å². The molecule has 0 aromatic rings. The fraction of sp³-hybridized carbons (Fsp3) is 1.00. The van der Waals surface area contributed by atoms with E-state index in [0.717, 1.165) is 6.54 Å². The normalized spacial score (nSPS) is 30.9. The zero-order chi connectivity index (χ0) is 7.56. The maximum absolute atomic E-state index is 9.31. The summed E-state index contributed by atoms with van der Waals surface area (Å²) in [6, 6.07) is 0.435. The predicted molar refractivity (Wildman–Crippen MR) is 41.9 cm³/mol. The van der Waals surface area contributed by atoms with Crippen molar-refractivity contribution in [1.29, 1.82) is 0 Å². The second kappa shape index (κ2) is 3.35. The number of likely N-dealkylation sites (N-methyl/N-ethyl adjacent to an activating group) is 1. The number of rotatable bonds is 2. The molecule has 10 heavy (non-hydrogen) atoms. The molecule has 1 aliphatic rings. The number of hydrogen-bond acceptors (Lipinski definition) is 2. The Labute approximate surface area is 62.8 Å². The lowest BCUT2D eigenvalue weighted by Crippen LogP contribution is -2.37. The van der Waals surface area contributed by atoms with Crippen LogP contribution in [0.4, 0.5) is 0 Å². The SMILES string of the molecule is CCN1CCCC1C(C)O. The van der Waals surface area contributed by atoms with Gasteiger partial charge in [0.05, 0.1) is 6.10 Å². The second-order valence-electron chi connectivity index (χ2n) is 3.08. The molecule has 1 rings (SSSR count). The van der Waals surface area contributed by atoms with Gasteiger partial charge in [-0.1, -0.05) is 6.92 Å². The van der Waals surface area contributed by atoms with Crippen LogP contribution in [-0.4, -0.2) is 35.2 Å². The fourth-order valence-electron chi connectivity index (χ4n) is 1.79. The molecule has 1 aliphatic heterocycles. The van der Waals surface area contributed by atoms with Crippen LogP contribution in [0.1, 0.15) is 26.7 Å². The molecular formula is C8H17NO. The van der Waals surface area contributed by atoms with Gasteiger partial charge in [-0.3, -0.25) is 4.90 Å². The zero-order valence-corrected chi connectivity index (χ0v) is 6.88. The summed E-state index contributed by atoms with van der Waals surface area (Å²) in [6.45, 7) is 6.29. The highest BCUT2D eigenvalue weighted by Crippen LogP contribution is 2.18. The van der Waals surface area contributed by atoms with Crippen molar-refractivity contribution in [3.63, 3.8) is 0 Å². The molecule has 60 valence electrons. The van der Waals surface area contributed by atoms with Gasteiger partial charge in [-0.25, -0.2) is 0 Å². The van der Waals surface area contributed by atoms with Gasteiger partial charge in [0.15, 0.2) is 0 Å². The van der Waals surface area contributed by atoms with Crippen molar-refractivity contribution in [2.75, 3.05) is 13.1 Å². The minimum Gasteiger partial charge on any atom is -0.392 e. The van der Waals surface area contributed by atoms with Crippen LogP contribution >= 0.6 is 0 Å². The molecule has 0 bridgehead atoms. The van der Waals surface area contributed by atoms with Gasteiger partial charge in [-0.05, 0) is 32.9 Å². The van der Waals surface area contributed by atoms with Crippen molar-refractivity contribution in [1.82, 2.24) is 4.90 Å². The highest BCUT2D eigenvalue weighted by molar-refractivity contribution is 4.81.